The molecule has 0 bridgehead atoms. The summed E-state index contributed by atoms with van der Waals surface area (Å²) in [7, 11) is 3.07. The van der Waals surface area contributed by atoms with E-state index in [4.69, 9.17) is 23.7 Å². The molecule has 0 aliphatic carbocycles. The lowest BCUT2D eigenvalue weighted by molar-refractivity contribution is -0.159. The number of alkyl carbamates (subject to hydrolysis) is 1. The first-order valence-electron chi connectivity index (χ1n) is 16.6. The first-order valence-corrected chi connectivity index (χ1v) is 16.6. The maximum absolute atomic E-state index is 12.4. The second-order valence-corrected chi connectivity index (χ2v) is 15.9. The smallest absolute Gasteiger partial charge is 0.410 e. The van der Waals surface area contributed by atoms with Crippen LogP contribution in [-0.2, 0) is 31.8 Å². The minimum Gasteiger partial charge on any atom is -0.481 e. The molecule has 2 aromatic heterocycles. The summed E-state index contributed by atoms with van der Waals surface area (Å²) in [6.07, 6.45) is 2.70. The predicted octanol–water partition coefficient (Wildman–Crippen LogP) is 5.10. The molecule has 51 heavy (non-hydrogen) atoms. The van der Waals surface area contributed by atoms with Gasteiger partial charge >= 0.3 is 24.2 Å². The van der Waals surface area contributed by atoms with Gasteiger partial charge in [0.15, 0.2) is 0 Å². The summed E-state index contributed by atoms with van der Waals surface area (Å²) in [6, 6.07) is 7.13. The number of pyridine rings is 2. The number of carbonyl (C=O) groups is 4. The highest BCUT2D eigenvalue weighted by molar-refractivity contribution is 5.81. The molecule has 2 N–H and O–H groups in total. The van der Waals surface area contributed by atoms with Gasteiger partial charge in [0.25, 0.3) is 0 Å². The summed E-state index contributed by atoms with van der Waals surface area (Å²) >= 11 is 0. The van der Waals surface area contributed by atoms with Gasteiger partial charge in [-0.1, -0.05) is 12.1 Å². The van der Waals surface area contributed by atoms with E-state index in [-0.39, 0.29) is 13.1 Å². The average Bonchev–Trinajstić information content (AvgIpc) is 2.95. The number of rotatable bonds is 8. The summed E-state index contributed by atoms with van der Waals surface area (Å²) in [4.78, 5) is 59.6. The molecule has 2 fully saturated rings. The number of aliphatic carboxylic acids is 1. The number of ether oxygens (including phenoxy) is 5. The van der Waals surface area contributed by atoms with E-state index in [9.17, 15) is 24.3 Å². The highest BCUT2D eigenvalue weighted by Crippen LogP contribution is 2.36. The van der Waals surface area contributed by atoms with E-state index in [2.05, 4.69) is 15.3 Å². The zero-order valence-electron chi connectivity index (χ0n) is 31.6. The Labute approximate surface area is 299 Å². The second-order valence-electron chi connectivity index (χ2n) is 15.9. The lowest BCUT2D eigenvalue weighted by atomic mass is 9.75. The normalized spacial score (nSPS) is 16.2. The predicted molar refractivity (Wildman–Crippen MR) is 187 cm³/mol. The SMILES string of the molecule is COc1ccc(CC2(C(=O)O)CN(C(=O)OC(C)(C)C)C2)cn1.COc1ccc(CC2(NC(=O)OC(C)(C)C)CN(C(=O)OC(C)(C)C)C2)cn1. The van der Waals surface area contributed by atoms with Crippen LogP contribution in [0, 0.1) is 5.41 Å². The van der Waals surface area contributed by atoms with Crippen molar-refractivity contribution in [3.8, 4) is 11.8 Å². The number of hydrogen-bond acceptors (Lipinski definition) is 11. The van der Waals surface area contributed by atoms with Gasteiger partial charge in [0.2, 0.25) is 11.8 Å². The van der Waals surface area contributed by atoms with Gasteiger partial charge in [0.1, 0.15) is 22.2 Å². The van der Waals surface area contributed by atoms with Crippen LogP contribution < -0.4 is 14.8 Å². The molecular formula is C36H53N5O10. The van der Waals surface area contributed by atoms with Crippen LogP contribution in [0.25, 0.3) is 0 Å². The number of amides is 3. The molecule has 0 radical (unpaired) electrons. The van der Waals surface area contributed by atoms with Crippen molar-refractivity contribution in [3.05, 3.63) is 47.8 Å². The molecule has 2 aromatic rings. The van der Waals surface area contributed by atoms with Crippen molar-refractivity contribution in [2.24, 2.45) is 5.41 Å². The standard InChI is InChI=1S/C20H31N3O5.C16H22N2O5/c1-18(2,3)27-16(24)22-20(10-14-8-9-15(26-7)21-11-14)12-23(13-20)17(25)28-19(4,5)6;1-15(2,3)23-14(21)18-9-16(10-18,13(19)20)7-11-5-6-12(22-4)17-8-11/h8-9,11H,10,12-13H2,1-7H3,(H,22,24);5-6,8H,7,9-10H2,1-4H3,(H,19,20). The van der Waals surface area contributed by atoms with Crippen molar-refractivity contribution in [2.45, 2.75) is 97.5 Å². The van der Waals surface area contributed by atoms with E-state index in [1.54, 1.807) is 84.1 Å². The van der Waals surface area contributed by atoms with Crippen LogP contribution >= 0.6 is 0 Å². The molecule has 4 rings (SSSR count). The Morgan fingerprint density at radius 3 is 1.45 bits per heavy atom. The Morgan fingerprint density at radius 1 is 0.686 bits per heavy atom. The molecule has 15 heteroatoms. The molecule has 3 amide bonds. The maximum atomic E-state index is 12.4. The molecule has 0 aromatic carbocycles. The van der Waals surface area contributed by atoms with Crippen molar-refractivity contribution in [3.63, 3.8) is 0 Å². The van der Waals surface area contributed by atoms with E-state index < -0.39 is 52.0 Å². The minimum absolute atomic E-state index is 0.128. The third-order valence-corrected chi connectivity index (χ3v) is 7.60. The van der Waals surface area contributed by atoms with E-state index in [0.29, 0.717) is 37.7 Å². The largest absolute Gasteiger partial charge is 0.481 e. The zero-order valence-corrected chi connectivity index (χ0v) is 31.6. The monoisotopic (exact) mass is 715 g/mol. The Bertz CT molecular complexity index is 1510. The number of carboxylic acid groups (broad SMARTS) is 1. The highest BCUT2D eigenvalue weighted by atomic mass is 16.6. The number of carbonyl (C=O) groups excluding carboxylic acids is 3. The van der Waals surface area contributed by atoms with Gasteiger partial charge in [-0.05, 0) is 79.9 Å². The first-order chi connectivity index (χ1) is 23.5. The first kappa shape index (κ1) is 40.6. The van der Waals surface area contributed by atoms with E-state index in [0.717, 1.165) is 11.1 Å². The summed E-state index contributed by atoms with van der Waals surface area (Å²) in [5.41, 5.74) is -1.71. The lowest BCUT2D eigenvalue weighted by Crippen LogP contribution is -2.72. The van der Waals surface area contributed by atoms with Crippen LogP contribution in [0.3, 0.4) is 0 Å². The van der Waals surface area contributed by atoms with Crippen molar-refractivity contribution in [2.75, 3.05) is 40.4 Å². The number of nitrogens with one attached hydrogen (secondary N) is 1. The number of hydrogen-bond donors (Lipinski definition) is 2. The second kappa shape index (κ2) is 15.6. The molecule has 2 saturated heterocycles. The van der Waals surface area contributed by atoms with E-state index in [1.165, 1.54) is 12.0 Å². The van der Waals surface area contributed by atoms with Crippen LogP contribution in [0.2, 0.25) is 0 Å². The molecule has 15 nitrogen and oxygen atoms in total. The summed E-state index contributed by atoms with van der Waals surface area (Å²) in [6.45, 7) is 17.1. The number of likely N-dealkylation sites (tertiary alicyclic amines) is 2. The fourth-order valence-electron chi connectivity index (χ4n) is 5.41. The van der Waals surface area contributed by atoms with Crippen LogP contribution in [0.1, 0.15) is 73.4 Å². The third kappa shape index (κ3) is 12.2. The molecule has 4 heterocycles. The molecule has 0 spiro atoms. The Balaban J connectivity index is 0.000000281. The molecular weight excluding hydrogens is 662 g/mol. The van der Waals surface area contributed by atoms with Crippen LogP contribution in [-0.4, -0.2) is 112 Å². The molecule has 0 saturated carbocycles. The average molecular weight is 716 g/mol. The van der Waals surface area contributed by atoms with Crippen LogP contribution in [0.5, 0.6) is 11.8 Å². The molecule has 2 aliphatic heterocycles. The molecule has 2 aliphatic rings. The maximum Gasteiger partial charge on any atom is 0.410 e. The highest BCUT2D eigenvalue weighted by Gasteiger charge is 2.52. The van der Waals surface area contributed by atoms with Gasteiger partial charge in [0, 0.05) is 57.1 Å². The van der Waals surface area contributed by atoms with Gasteiger partial charge < -0.3 is 43.9 Å². The zero-order chi connectivity index (χ0) is 38.4. The summed E-state index contributed by atoms with van der Waals surface area (Å²) in [5.74, 6) is 0.0668. The van der Waals surface area contributed by atoms with E-state index in [1.807, 2.05) is 26.8 Å². The molecule has 282 valence electrons. The number of nitrogens with zero attached hydrogens (tertiary/aromatic N) is 4. The topological polar surface area (TPSA) is 179 Å². The van der Waals surface area contributed by atoms with Gasteiger partial charge in [0.05, 0.1) is 19.8 Å². The Hall–Kier alpha value is -4.82. The quantitative estimate of drug-likeness (QED) is 0.346. The Morgan fingerprint density at radius 2 is 1.10 bits per heavy atom. The van der Waals surface area contributed by atoms with Crippen molar-refractivity contribution < 1.29 is 48.0 Å². The summed E-state index contributed by atoms with van der Waals surface area (Å²) < 4.78 is 26.1. The Kier molecular flexibility index (Phi) is 12.4. The number of methoxy groups -OCH3 is 2. The molecule has 0 atom stereocenters. The van der Waals surface area contributed by atoms with Gasteiger partial charge in [-0.2, -0.15) is 0 Å². The van der Waals surface area contributed by atoms with Crippen LogP contribution in [0.4, 0.5) is 14.4 Å². The number of carboxylic acids is 1. The van der Waals surface area contributed by atoms with E-state index >= 15 is 0 Å². The van der Waals surface area contributed by atoms with Crippen molar-refractivity contribution in [1.82, 2.24) is 25.1 Å². The van der Waals surface area contributed by atoms with Gasteiger partial charge in [-0.3, -0.25) is 4.79 Å². The lowest BCUT2D eigenvalue weighted by Gasteiger charge is -2.50. The van der Waals surface area contributed by atoms with Crippen molar-refractivity contribution in [1.29, 1.82) is 0 Å². The fraction of sp³-hybridized carbons (Fsp3) is 0.611. The third-order valence-electron chi connectivity index (χ3n) is 7.60. The van der Waals surface area contributed by atoms with Gasteiger partial charge in [-0.25, -0.2) is 24.4 Å². The number of aromatic nitrogens is 2. The van der Waals surface area contributed by atoms with Gasteiger partial charge in [-0.15, -0.1) is 0 Å². The van der Waals surface area contributed by atoms with Crippen molar-refractivity contribution >= 4 is 24.2 Å². The van der Waals surface area contributed by atoms with Crippen LogP contribution in [0.15, 0.2) is 36.7 Å². The fourth-order valence-corrected chi connectivity index (χ4v) is 5.41. The minimum atomic E-state index is -0.993. The summed E-state index contributed by atoms with van der Waals surface area (Å²) in [5, 5.41) is 12.5. The molecule has 0 unspecified atom stereocenters.